The van der Waals surface area contributed by atoms with Gasteiger partial charge in [-0.05, 0) is 25.2 Å². The summed E-state index contributed by atoms with van der Waals surface area (Å²) in [4.78, 5) is 6.17. The van der Waals surface area contributed by atoms with Gasteiger partial charge in [0.25, 0.3) is 0 Å². The Morgan fingerprint density at radius 3 is 2.60 bits per heavy atom. The summed E-state index contributed by atoms with van der Waals surface area (Å²) in [6.45, 7) is 7.54. The molecule has 0 radical (unpaired) electrons. The molecule has 0 unspecified atom stereocenters. The van der Waals surface area contributed by atoms with Crippen LogP contribution in [0.25, 0.3) is 0 Å². The summed E-state index contributed by atoms with van der Waals surface area (Å²) in [5.41, 5.74) is 0. The van der Waals surface area contributed by atoms with Gasteiger partial charge in [0.15, 0.2) is 23.3 Å². The molecule has 1 aliphatic rings. The smallest absolute Gasteiger partial charge is 0.168 e. The summed E-state index contributed by atoms with van der Waals surface area (Å²) in [7, 11) is 0. The number of hydrogen-bond donors (Lipinski definition) is 1. The molecule has 2 rings (SSSR count). The van der Waals surface area contributed by atoms with E-state index in [0.717, 1.165) is 31.9 Å². The van der Waals surface area contributed by atoms with E-state index in [2.05, 4.69) is 24.1 Å². The molecule has 112 valence electrons. The molecule has 0 aromatic carbocycles. The molecule has 0 spiro atoms. The molecule has 0 saturated heterocycles. The lowest BCUT2D eigenvalue weighted by Crippen LogP contribution is -2.31. The third-order valence-electron chi connectivity index (χ3n) is 3.27. The first-order chi connectivity index (χ1) is 9.52. The van der Waals surface area contributed by atoms with Gasteiger partial charge >= 0.3 is 0 Å². The fourth-order valence-electron chi connectivity index (χ4n) is 2.21. The van der Waals surface area contributed by atoms with Gasteiger partial charge in [0, 0.05) is 25.2 Å². The molecule has 20 heavy (non-hydrogen) atoms. The first kappa shape index (κ1) is 15.0. The molecule has 1 aliphatic carbocycles. The Kier molecular flexibility index (Phi) is 4.78. The van der Waals surface area contributed by atoms with Crippen molar-refractivity contribution in [2.45, 2.75) is 46.1 Å². The summed E-state index contributed by atoms with van der Waals surface area (Å²) in [5, 5.41) is 2.92. The average molecular weight is 283 g/mol. The highest BCUT2D eigenvalue weighted by atomic mass is 19.1. The summed E-state index contributed by atoms with van der Waals surface area (Å²) in [6.07, 6.45) is 2.98. The first-order valence-corrected chi connectivity index (χ1v) is 7.39. The first-order valence-electron chi connectivity index (χ1n) is 7.39. The van der Waals surface area contributed by atoms with Crippen molar-refractivity contribution < 1.29 is 8.78 Å². The predicted octanol–water partition coefficient (Wildman–Crippen LogP) is 3.81. The van der Waals surface area contributed by atoms with Crippen molar-refractivity contribution in [3.8, 4) is 0 Å². The monoisotopic (exact) mass is 283 g/mol. The fourth-order valence-corrected chi connectivity index (χ4v) is 2.21. The molecule has 5 heteroatoms. The van der Waals surface area contributed by atoms with Crippen LogP contribution in [0.15, 0.2) is 6.07 Å². The third kappa shape index (κ3) is 3.58. The van der Waals surface area contributed by atoms with Gasteiger partial charge in [-0.15, -0.1) is 0 Å². The SMILES string of the molecule is CCCNc1nc(N(CC(C)C)C2CC2)c(F)cc1F. The maximum atomic E-state index is 14.1. The number of pyridine rings is 1. The summed E-state index contributed by atoms with van der Waals surface area (Å²) < 4.78 is 27.8. The molecule has 0 aliphatic heterocycles. The summed E-state index contributed by atoms with van der Waals surface area (Å²) in [6, 6.07) is 1.29. The Morgan fingerprint density at radius 2 is 2.05 bits per heavy atom. The molecule has 0 atom stereocenters. The number of rotatable bonds is 7. The van der Waals surface area contributed by atoms with Crippen LogP contribution in [0.2, 0.25) is 0 Å². The lowest BCUT2D eigenvalue weighted by molar-refractivity contribution is 0.551. The largest absolute Gasteiger partial charge is 0.368 e. The van der Waals surface area contributed by atoms with E-state index in [1.54, 1.807) is 0 Å². The quantitative estimate of drug-likeness (QED) is 0.825. The van der Waals surface area contributed by atoms with Gasteiger partial charge in [-0.2, -0.15) is 0 Å². The molecule has 1 fully saturated rings. The van der Waals surface area contributed by atoms with Crippen LogP contribution < -0.4 is 10.2 Å². The van der Waals surface area contributed by atoms with Crippen molar-refractivity contribution in [1.82, 2.24) is 4.98 Å². The molecule has 1 heterocycles. The second-order valence-corrected chi connectivity index (χ2v) is 5.83. The van der Waals surface area contributed by atoms with E-state index in [1.807, 2.05) is 11.8 Å². The van der Waals surface area contributed by atoms with Crippen LogP contribution >= 0.6 is 0 Å². The summed E-state index contributed by atoms with van der Waals surface area (Å²) >= 11 is 0. The normalized spacial score (nSPS) is 14.7. The third-order valence-corrected chi connectivity index (χ3v) is 3.27. The molecule has 1 saturated carbocycles. The maximum absolute atomic E-state index is 14.1. The van der Waals surface area contributed by atoms with E-state index in [4.69, 9.17) is 0 Å². The van der Waals surface area contributed by atoms with Gasteiger partial charge < -0.3 is 10.2 Å². The van der Waals surface area contributed by atoms with E-state index >= 15 is 0 Å². The Balaban J connectivity index is 2.27. The molecular formula is C15H23F2N3. The van der Waals surface area contributed by atoms with Crippen LogP contribution in [-0.4, -0.2) is 24.1 Å². The Morgan fingerprint density at radius 1 is 1.35 bits per heavy atom. The molecule has 0 amide bonds. The number of halogens is 2. The van der Waals surface area contributed by atoms with Crippen LogP contribution in [0, 0.1) is 17.6 Å². The lowest BCUT2D eigenvalue weighted by atomic mass is 10.2. The highest BCUT2D eigenvalue weighted by Crippen LogP contribution is 2.33. The number of nitrogens with zero attached hydrogens (tertiary/aromatic N) is 2. The molecule has 1 aromatic rings. The summed E-state index contributed by atoms with van der Waals surface area (Å²) in [5.74, 6) is -0.357. The topological polar surface area (TPSA) is 28.2 Å². The average Bonchev–Trinajstić information content (AvgIpc) is 3.19. The minimum absolute atomic E-state index is 0.151. The predicted molar refractivity (Wildman–Crippen MR) is 78.1 cm³/mol. The van der Waals surface area contributed by atoms with Gasteiger partial charge in [0.2, 0.25) is 0 Å². The van der Waals surface area contributed by atoms with Crippen LogP contribution in [0.4, 0.5) is 20.4 Å². The van der Waals surface area contributed by atoms with Crippen molar-refractivity contribution in [2.75, 3.05) is 23.3 Å². The zero-order valence-corrected chi connectivity index (χ0v) is 12.4. The van der Waals surface area contributed by atoms with Crippen LogP contribution in [-0.2, 0) is 0 Å². The molecule has 1 N–H and O–H groups in total. The standard InChI is InChI=1S/C15H23F2N3/c1-4-7-18-14-12(16)8-13(17)15(19-14)20(9-10(2)3)11-5-6-11/h8,10-11H,4-7,9H2,1-3H3,(H,18,19). The van der Waals surface area contributed by atoms with Crippen LogP contribution in [0.3, 0.4) is 0 Å². The Bertz CT molecular complexity index is 459. The van der Waals surface area contributed by atoms with E-state index in [-0.39, 0.29) is 11.6 Å². The minimum atomic E-state index is -0.625. The molecular weight excluding hydrogens is 260 g/mol. The molecule has 1 aromatic heterocycles. The van der Waals surface area contributed by atoms with E-state index in [0.29, 0.717) is 18.5 Å². The Hall–Kier alpha value is -1.39. The molecule has 0 bridgehead atoms. The zero-order chi connectivity index (χ0) is 14.7. The Labute approximate surface area is 119 Å². The van der Waals surface area contributed by atoms with Crippen molar-refractivity contribution in [3.63, 3.8) is 0 Å². The number of nitrogens with one attached hydrogen (secondary N) is 1. The zero-order valence-electron chi connectivity index (χ0n) is 12.4. The van der Waals surface area contributed by atoms with Gasteiger partial charge in [-0.3, -0.25) is 0 Å². The van der Waals surface area contributed by atoms with E-state index < -0.39 is 11.6 Å². The van der Waals surface area contributed by atoms with Gasteiger partial charge in [0.1, 0.15) is 0 Å². The van der Waals surface area contributed by atoms with E-state index in [9.17, 15) is 8.78 Å². The van der Waals surface area contributed by atoms with Crippen molar-refractivity contribution in [1.29, 1.82) is 0 Å². The minimum Gasteiger partial charge on any atom is -0.368 e. The van der Waals surface area contributed by atoms with Crippen LogP contribution in [0.1, 0.15) is 40.0 Å². The van der Waals surface area contributed by atoms with Crippen molar-refractivity contribution in [3.05, 3.63) is 17.7 Å². The van der Waals surface area contributed by atoms with Crippen LogP contribution in [0.5, 0.6) is 0 Å². The highest BCUT2D eigenvalue weighted by Gasteiger charge is 2.32. The van der Waals surface area contributed by atoms with E-state index in [1.165, 1.54) is 0 Å². The fraction of sp³-hybridized carbons (Fsp3) is 0.667. The molecule has 3 nitrogen and oxygen atoms in total. The van der Waals surface area contributed by atoms with Crippen molar-refractivity contribution in [2.24, 2.45) is 5.92 Å². The lowest BCUT2D eigenvalue weighted by Gasteiger charge is -2.26. The number of aromatic nitrogens is 1. The highest BCUT2D eigenvalue weighted by molar-refractivity contribution is 5.50. The second-order valence-electron chi connectivity index (χ2n) is 5.83. The maximum Gasteiger partial charge on any atom is 0.168 e. The van der Waals surface area contributed by atoms with Crippen molar-refractivity contribution >= 4 is 11.6 Å². The van der Waals surface area contributed by atoms with Gasteiger partial charge in [0.05, 0.1) is 0 Å². The number of anilines is 2. The van der Waals surface area contributed by atoms with Gasteiger partial charge in [-0.25, -0.2) is 13.8 Å². The second kappa shape index (κ2) is 6.37. The van der Waals surface area contributed by atoms with Gasteiger partial charge in [-0.1, -0.05) is 20.8 Å². The number of hydrogen-bond acceptors (Lipinski definition) is 3.